The Morgan fingerprint density at radius 3 is 2.08 bits per heavy atom. The van der Waals surface area contributed by atoms with Gasteiger partial charge in [-0.2, -0.15) is 17.5 Å². The van der Waals surface area contributed by atoms with Crippen molar-refractivity contribution in [2.45, 2.75) is 169 Å². The lowest BCUT2D eigenvalue weighted by molar-refractivity contribution is -0.366. The molecular weight excluding hydrogens is 676 g/mol. The first-order valence-electron chi connectivity index (χ1n) is 18.5. The molecule has 0 aliphatic carbocycles. The fraction of sp³-hybridized carbons (Fsp3) is 0.919. The Labute approximate surface area is 316 Å². The van der Waals surface area contributed by atoms with Crippen LogP contribution in [0.15, 0.2) is 16.9 Å². The van der Waals surface area contributed by atoms with Gasteiger partial charge in [0.05, 0.1) is 24.4 Å². The maximum absolute atomic E-state index is 12.7. The number of aliphatic hydroxyl groups is 5. The summed E-state index contributed by atoms with van der Waals surface area (Å²) in [4.78, 5) is 27.2. The molecule has 0 spiro atoms. The molecule has 1 fully saturated rings. The number of thiol groups is 1. The zero-order chi connectivity index (χ0) is 40.7. The summed E-state index contributed by atoms with van der Waals surface area (Å²) in [5, 5.41) is 47.6. The molecule has 1 aliphatic rings. The van der Waals surface area contributed by atoms with Crippen molar-refractivity contribution < 1.29 is 44.9 Å². The molecule has 0 aromatic carbocycles. The minimum atomic E-state index is -1.09. The van der Waals surface area contributed by atoms with E-state index in [0.717, 1.165) is 38.9 Å². The van der Waals surface area contributed by atoms with Crippen molar-refractivity contribution in [2.24, 2.45) is 23.0 Å². The number of azide groups is 1. The van der Waals surface area contributed by atoms with Crippen molar-refractivity contribution in [1.82, 2.24) is 4.90 Å². The van der Waals surface area contributed by atoms with Gasteiger partial charge in [0, 0.05) is 37.2 Å². The Kier molecular flexibility index (Phi) is 37.9. The number of carbonyl (C=O) groups excluding carboxylic acids is 1. The molecule has 10 atom stereocenters. The van der Waals surface area contributed by atoms with Gasteiger partial charge in [0.15, 0.2) is 5.78 Å². The normalized spacial score (nSPS) is 20.8. The van der Waals surface area contributed by atoms with Gasteiger partial charge in [-0.1, -0.05) is 48.5 Å². The molecule has 0 radical (unpaired) electrons. The van der Waals surface area contributed by atoms with Crippen molar-refractivity contribution in [2.75, 3.05) is 34.4 Å². The molecule has 0 saturated carbocycles. The van der Waals surface area contributed by atoms with E-state index in [9.17, 15) is 15.0 Å². The number of carbonyl (C=O) groups is 1. The maximum Gasteiger partial charge on any atom is 0.161 e. The smallest absolute Gasteiger partial charge is 0.161 e. The van der Waals surface area contributed by atoms with Crippen molar-refractivity contribution in [3.05, 3.63) is 22.1 Å². The van der Waals surface area contributed by atoms with E-state index in [2.05, 4.69) is 48.6 Å². The highest BCUT2D eigenvalue weighted by Crippen LogP contribution is 2.32. The average molecular weight is 755 g/mol. The highest BCUT2D eigenvalue weighted by molar-refractivity contribution is 7.80. The molecule has 5 N–H and O–H groups in total. The first kappa shape index (κ1) is 56.3. The van der Waals surface area contributed by atoms with Crippen LogP contribution >= 0.6 is 12.6 Å². The van der Waals surface area contributed by atoms with Crippen LogP contribution in [0, 0.1) is 17.8 Å². The number of allylic oxidation sites excluding steroid dienone is 1. The third-order valence-corrected chi connectivity index (χ3v) is 8.40. The van der Waals surface area contributed by atoms with Crippen LogP contribution in [0.5, 0.6) is 0 Å². The zero-order valence-corrected chi connectivity index (χ0v) is 35.3. The van der Waals surface area contributed by atoms with Gasteiger partial charge in [0.1, 0.15) is 10.9 Å². The average Bonchev–Trinajstić information content (AvgIpc) is 3.05. The van der Waals surface area contributed by atoms with Gasteiger partial charge in [-0.3, -0.25) is 9.78 Å². The number of aliphatic hydroxyl groups excluding tert-OH is 5. The second-order valence-electron chi connectivity index (χ2n) is 14.0. The van der Waals surface area contributed by atoms with Crippen LogP contribution in [0.25, 0.3) is 10.4 Å². The Balaban J connectivity index is -0.000000388. The minimum absolute atomic E-state index is 0.156. The van der Waals surface area contributed by atoms with E-state index >= 15 is 0 Å². The molecule has 14 heteroatoms. The first-order valence-corrected chi connectivity index (χ1v) is 19.0. The van der Waals surface area contributed by atoms with Crippen LogP contribution in [0.1, 0.15) is 128 Å². The van der Waals surface area contributed by atoms with E-state index in [4.69, 9.17) is 30.5 Å². The van der Waals surface area contributed by atoms with Crippen molar-refractivity contribution in [3.63, 3.8) is 0 Å². The van der Waals surface area contributed by atoms with Crippen molar-refractivity contribution in [1.29, 1.82) is 0 Å². The number of hydrogen-bond donors (Lipinski definition) is 6. The summed E-state index contributed by atoms with van der Waals surface area (Å²) in [6.45, 7) is 22.4. The number of ketones is 1. The van der Waals surface area contributed by atoms with Gasteiger partial charge in [0.25, 0.3) is 0 Å². The third-order valence-electron chi connectivity index (χ3n) is 8.19. The molecule has 51 heavy (non-hydrogen) atoms. The molecule has 1 aliphatic heterocycles. The van der Waals surface area contributed by atoms with Gasteiger partial charge in [-0.05, 0) is 127 Å². The van der Waals surface area contributed by atoms with Crippen LogP contribution in [0.2, 0.25) is 0 Å². The molecule has 0 amide bonds. The Hall–Kier alpha value is -1.45. The molecule has 0 aromatic heterocycles. The fourth-order valence-electron chi connectivity index (χ4n) is 5.85. The van der Waals surface area contributed by atoms with E-state index in [-0.39, 0.29) is 29.7 Å². The summed E-state index contributed by atoms with van der Waals surface area (Å²) >= 11 is 4.41. The predicted molar refractivity (Wildman–Crippen MR) is 210 cm³/mol. The molecule has 6 unspecified atom stereocenters. The molecular formula is C37H78N4O9S. The van der Waals surface area contributed by atoms with E-state index < -0.39 is 23.7 Å². The molecule has 306 valence electrons. The highest BCUT2D eigenvalue weighted by Gasteiger charge is 2.34. The van der Waals surface area contributed by atoms with E-state index in [1.165, 1.54) is 18.9 Å². The lowest BCUT2D eigenvalue weighted by atomic mass is 9.81. The minimum Gasteiger partial charge on any atom is -0.400 e. The van der Waals surface area contributed by atoms with Crippen LogP contribution in [0.3, 0.4) is 0 Å². The van der Waals surface area contributed by atoms with Gasteiger partial charge < -0.3 is 35.2 Å². The SMILES string of the molecule is CC.CC(O)CC(CCO)N(C)C.CC1CCOC(C)C1.CC[C@@H](O)C(O)/C=C(\C)C(=O)[C@H](C)C[C@](C)(C[C@@H](C)CC(C)S)OON=[N+]=[N-].CO. The van der Waals surface area contributed by atoms with Crippen LogP contribution < -0.4 is 0 Å². The van der Waals surface area contributed by atoms with Gasteiger partial charge in [0.2, 0.25) is 0 Å². The zero-order valence-electron chi connectivity index (χ0n) is 34.4. The highest BCUT2D eigenvalue weighted by atomic mass is 32.1. The lowest BCUT2D eigenvalue weighted by Gasteiger charge is -2.32. The topological polar surface area (TPSA) is 198 Å². The molecule has 1 rings (SSSR count). The summed E-state index contributed by atoms with van der Waals surface area (Å²) in [5.74, 6) is 0.546. The fourth-order valence-corrected chi connectivity index (χ4v) is 6.21. The van der Waals surface area contributed by atoms with Crippen LogP contribution in [-0.2, 0) is 19.4 Å². The molecule has 1 heterocycles. The van der Waals surface area contributed by atoms with Crippen molar-refractivity contribution in [3.8, 4) is 0 Å². The third kappa shape index (κ3) is 31.8. The standard InChI is InChI=1S/C19H35N3O5S.C8H19NO2.C7H14O.C2H6.CH4O/c1-7-16(23)17(24)9-13(3)18(25)14(4)11-19(6,26-27-22-21-20)10-12(2)8-15(5)28;1-7(11)6-8(4-5-10)9(2)3;1-6-3-4-8-7(2)5-6;2*1-2/h9,12,14-17,23-24,28H,7-8,10-11H2,1-6H3;7-8,10-11H,4-6H2,1-3H3;6-7H,3-5H2,1-2H3;1-2H3;2H,1H3/b13-9+;;;;/t12-,14+,15?,16+,17?,19-;;;;/m0..../s1. The summed E-state index contributed by atoms with van der Waals surface area (Å²) in [5.41, 5.74) is 7.92. The van der Waals surface area contributed by atoms with Crippen molar-refractivity contribution >= 4 is 18.4 Å². The number of hydrogen-bond acceptors (Lipinski definition) is 12. The van der Waals surface area contributed by atoms with Gasteiger partial charge in [-0.25, -0.2) is 0 Å². The predicted octanol–water partition coefficient (Wildman–Crippen LogP) is 6.85. The molecule has 13 nitrogen and oxygen atoms in total. The number of Topliss-reactive ketones (excluding diaryl/α,β-unsaturated/α-hetero) is 1. The Morgan fingerprint density at radius 2 is 1.69 bits per heavy atom. The number of rotatable bonds is 19. The van der Waals surface area contributed by atoms with Gasteiger partial charge in [-0.15, -0.1) is 0 Å². The summed E-state index contributed by atoms with van der Waals surface area (Å²) in [6.07, 6.45) is 5.73. The lowest BCUT2D eigenvalue weighted by Crippen LogP contribution is -2.35. The second kappa shape index (κ2) is 34.3. The summed E-state index contributed by atoms with van der Waals surface area (Å²) < 4.78 is 5.35. The summed E-state index contributed by atoms with van der Waals surface area (Å²) in [7, 11) is 4.92. The Morgan fingerprint density at radius 1 is 1.12 bits per heavy atom. The van der Waals surface area contributed by atoms with Crippen LogP contribution in [0.4, 0.5) is 0 Å². The van der Waals surface area contributed by atoms with E-state index in [0.29, 0.717) is 37.0 Å². The Bertz CT molecular complexity index is 899. The second-order valence-corrected chi connectivity index (χ2v) is 14.9. The first-order chi connectivity index (χ1) is 23.8. The number of nitrogens with zero attached hydrogens (tertiary/aromatic N) is 4. The molecule has 0 aromatic rings. The largest absolute Gasteiger partial charge is 0.400 e. The van der Waals surface area contributed by atoms with E-state index in [1.807, 2.05) is 39.8 Å². The quantitative estimate of drug-likeness (QED) is 0.0154. The monoisotopic (exact) mass is 755 g/mol. The van der Waals surface area contributed by atoms with Crippen LogP contribution in [-0.4, -0.2) is 112 Å². The summed E-state index contributed by atoms with van der Waals surface area (Å²) in [6, 6.07) is 0.292. The maximum atomic E-state index is 12.7. The number of ether oxygens (including phenoxy) is 1. The van der Waals surface area contributed by atoms with Gasteiger partial charge >= 0.3 is 0 Å². The molecule has 0 bridgehead atoms. The van der Waals surface area contributed by atoms with E-state index in [1.54, 1.807) is 34.6 Å². The molecule has 1 saturated heterocycles.